The topological polar surface area (TPSA) is 84.9 Å². The number of anilines is 1. The number of rotatable bonds is 3. The van der Waals surface area contributed by atoms with Gasteiger partial charge in [-0.2, -0.15) is 0 Å². The molecule has 0 bridgehead atoms. The summed E-state index contributed by atoms with van der Waals surface area (Å²) in [5.74, 6) is -0.393. The summed E-state index contributed by atoms with van der Waals surface area (Å²) in [6.45, 7) is -0.435. The molecule has 2 N–H and O–H groups in total. The minimum absolute atomic E-state index is 0.0116. The number of hydrogen-bond acceptors (Lipinski definition) is 4. The molecule has 0 fully saturated rings. The molecule has 16 heavy (non-hydrogen) atoms. The van der Waals surface area contributed by atoms with E-state index in [1.54, 1.807) is 12.1 Å². The normalized spacial score (nSPS) is 13.4. The molecule has 0 unspecified atom stereocenters. The lowest BCUT2D eigenvalue weighted by molar-refractivity contribution is -0.139. The number of aliphatic carboxylic acids is 1. The molecular weight excluding hydrogens is 214 g/mol. The first-order chi connectivity index (χ1) is 7.65. The van der Waals surface area contributed by atoms with Crippen LogP contribution < -0.4 is 14.8 Å². The second-order valence-corrected chi connectivity index (χ2v) is 3.18. The number of hydrogen-bond donors (Lipinski definition) is 2. The Bertz CT molecular complexity index is 443. The number of carbonyl (C=O) groups excluding carboxylic acids is 1. The Kier molecular flexibility index (Phi) is 2.63. The monoisotopic (exact) mass is 223 g/mol. The van der Waals surface area contributed by atoms with Crippen molar-refractivity contribution in [1.82, 2.24) is 0 Å². The molecule has 6 nitrogen and oxygen atoms in total. The van der Waals surface area contributed by atoms with Gasteiger partial charge in [0, 0.05) is 6.07 Å². The molecule has 0 saturated heterocycles. The third kappa shape index (κ3) is 2.22. The van der Waals surface area contributed by atoms with Crippen molar-refractivity contribution in [1.29, 1.82) is 0 Å². The highest BCUT2D eigenvalue weighted by Gasteiger charge is 2.16. The van der Waals surface area contributed by atoms with Crippen LogP contribution in [0.2, 0.25) is 0 Å². The lowest BCUT2D eigenvalue weighted by Crippen LogP contribution is -2.25. The van der Waals surface area contributed by atoms with E-state index in [1.807, 2.05) is 0 Å². The van der Waals surface area contributed by atoms with E-state index in [1.165, 1.54) is 6.07 Å². The molecule has 1 aliphatic heterocycles. The maximum absolute atomic E-state index is 11.0. The quantitative estimate of drug-likeness (QED) is 0.778. The van der Waals surface area contributed by atoms with Gasteiger partial charge in [0.2, 0.25) is 0 Å². The van der Waals surface area contributed by atoms with Crippen LogP contribution in [0.15, 0.2) is 18.2 Å². The van der Waals surface area contributed by atoms with Crippen molar-refractivity contribution < 1.29 is 24.2 Å². The maximum atomic E-state index is 11.0. The first-order valence-electron chi connectivity index (χ1n) is 4.56. The Morgan fingerprint density at radius 3 is 3.12 bits per heavy atom. The zero-order valence-electron chi connectivity index (χ0n) is 8.23. The lowest BCUT2D eigenvalue weighted by atomic mass is 10.2. The molecule has 0 saturated carbocycles. The number of fused-ring (bicyclic) bond motifs is 1. The van der Waals surface area contributed by atoms with Crippen LogP contribution in [-0.4, -0.2) is 30.2 Å². The molecule has 0 aliphatic carbocycles. The minimum Gasteiger partial charge on any atom is -0.482 e. The molecule has 6 heteroatoms. The Morgan fingerprint density at radius 1 is 1.56 bits per heavy atom. The van der Waals surface area contributed by atoms with Gasteiger partial charge in [-0.1, -0.05) is 0 Å². The average molecular weight is 223 g/mol. The average Bonchev–Trinajstić information content (AvgIpc) is 2.25. The zero-order chi connectivity index (χ0) is 11.5. The van der Waals surface area contributed by atoms with Crippen LogP contribution in [0.4, 0.5) is 5.69 Å². The second-order valence-electron chi connectivity index (χ2n) is 3.18. The van der Waals surface area contributed by atoms with Crippen LogP contribution in [0, 0.1) is 0 Å². The number of carboxylic acid groups (broad SMARTS) is 1. The Morgan fingerprint density at radius 2 is 2.38 bits per heavy atom. The van der Waals surface area contributed by atoms with E-state index >= 15 is 0 Å². The lowest BCUT2D eigenvalue weighted by Gasteiger charge is -2.18. The summed E-state index contributed by atoms with van der Waals surface area (Å²) in [5, 5.41) is 11.0. The van der Waals surface area contributed by atoms with E-state index in [0.717, 1.165) is 0 Å². The Hall–Kier alpha value is -2.24. The molecule has 1 aromatic carbocycles. The summed E-state index contributed by atoms with van der Waals surface area (Å²) < 4.78 is 10.1. The Labute approximate surface area is 90.8 Å². The molecule has 1 aliphatic rings. The van der Waals surface area contributed by atoms with Gasteiger partial charge in [0.15, 0.2) is 13.2 Å². The van der Waals surface area contributed by atoms with Crippen LogP contribution in [-0.2, 0) is 9.59 Å². The highest BCUT2D eigenvalue weighted by Crippen LogP contribution is 2.31. The molecule has 1 heterocycles. The summed E-state index contributed by atoms with van der Waals surface area (Å²) in [4.78, 5) is 21.3. The van der Waals surface area contributed by atoms with E-state index in [-0.39, 0.29) is 12.5 Å². The largest absolute Gasteiger partial charge is 0.482 e. The predicted molar refractivity (Wildman–Crippen MR) is 53.7 cm³/mol. The van der Waals surface area contributed by atoms with Gasteiger partial charge in [-0.15, -0.1) is 0 Å². The summed E-state index contributed by atoms with van der Waals surface area (Å²) in [6, 6.07) is 4.72. The van der Waals surface area contributed by atoms with Gasteiger partial charge in [0.05, 0.1) is 5.69 Å². The third-order valence-electron chi connectivity index (χ3n) is 1.95. The fraction of sp³-hybridized carbons (Fsp3) is 0.200. The van der Waals surface area contributed by atoms with E-state index in [0.29, 0.717) is 17.2 Å². The van der Waals surface area contributed by atoms with Gasteiger partial charge in [-0.05, 0) is 12.1 Å². The van der Waals surface area contributed by atoms with Crippen LogP contribution in [0.3, 0.4) is 0 Å². The fourth-order valence-electron chi connectivity index (χ4n) is 1.30. The highest BCUT2D eigenvalue weighted by atomic mass is 16.5. The van der Waals surface area contributed by atoms with E-state index in [9.17, 15) is 9.59 Å². The van der Waals surface area contributed by atoms with Crippen molar-refractivity contribution in [2.75, 3.05) is 18.5 Å². The van der Waals surface area contributed by atoms with Crippen LogP contribution in [0.25, 0.3) is 0 Å². The molecule has 0 radical (unpaired) electrons. The number of amides is 1. The molecular formula is C10H9NO5. The summed E-state index contributed by atoms with van der Waals surface area (Å²) in [5.41, 5.74) is 0.485. The summed E-state index contributed by atoms with van der Waals surface area (Å²) >= 11 is 0. The smallest absolute Gasteiger partial charge is 0.341 e. The van der Waals surface area contributed by atoms with E-state index in [4.69, 9.17) is 14.6 Å². The third-order valence-corrected chi connectivity index (χ3v) is 1.95. The van der Waals surface area contributed by atoms with Crippen molar-refractivity contribution in [2.24, 2.45) is 0 Å². The van der Waals surface area contributed by atoms with Crippen molar-refractivity contribution in [2.45, 2.75) is 0 Å². The molecule has 0 atom stereocenters. The second kappa shape index (κ2) is 4.09. The number of carboxylic acids is 1. The number of carbonyl (C=O) groups is 2. The molecule has 0 aromatic heterocycles. The zero-order valence-corrected chi connectivity index (χ0v) is 8.23. The predicted octanol–water partition coefficient (Wildman–Crippen LogP) is 0.481. The molecule has 2 rings (SSSR count). The van der Waals surface area contributed by atoms with Crippen LogP contribution >= 0.6 is 0 Å². The van der Waals surface area contributed by atoms with E-state index in [2.05, 4.69) is 5.32 Å². The highest BCUT2D eigenvalue weighted by molar-refractivity contribution is 5.95. The van der Waals surface area contributed by atoms with Gasteiger partial charge in [0.1, 0.15) is 11.5 Å². The molecule has 1 aromatic rings. The molecule has 1 amide bonds. The first-order valence-corrected chi connectivity index (χ1v) is 4.56. The van der Waals surface area contributed by atoms with Crippen LogP contribution in [0.5, 0.6) is 11.5 Å². The fourth-order valence-corrected chi connectivity index (χ4v) is 1.30. The number of benzene rings is 1. The number of nitrogens with one attached hydrogen (secondary N) is 1. The summed E-state index contributed by atoms with van der Waals surface area (Å²) in [7, 11) is 0. The van der Waals surface area contributed by atoms with Gasteiger partial charge >= 0.3 is 5.97 Å². The van der Waals surface area contributed by atoms with Crippen molar-refractivity contribution in [3.8, 4) is 11.5 Å². The van der Waals surface area contributed by atoms with Gasteiger partial charge in [-0.25, -0.2) is 4.79 Å². The van der Waals surface area contributed by atoms with Gasteiger partial charge < -0.3 is 19.9 Å². The maximum Gasteiger partial charge on any atom is 0.341 e. The minimum atomic E-state index is -1.06. The van der Waals surface area contributed by atoms with E-state index < -0.39 is 12.6 Å². The van der Waals surface area contributed by atoms with Crippen LogP contribution in [0.1, 0.15) is 0 Å². The SMILES string of the molecule is O=C(O)COc1ccc2c(c1)NC(=O)CO2. The summed E-state index contributed by atoms with van der Waals surface area (Å²) in [6.07, 6.45) is 0. The standard InChI is InChI=1S/C10H9NO5/c12-9-4-16-8-2-1-6(3-7(8)11-9)15-5-10(13)14/h1-3H,4-5H2,(H,11,12)(H,13,14). The molecule has 0 spiro atoms. The van der Waals surface area contributed by atoms with Crippen molar-refractivity contribution in [3.05, 3.63) is 18.2 Å². The first kappa shape index (κ1) is 10.3. The number of ether oxygens (including phenoxy) is 2. The molecule has 84 valence electrons. The van der Waals surface area contributed by atoms with Gasteiger partial charge in [0.25, 0.3) is 5.91 Å². The van der Waals surface area contributed by atoms with Crippen molar-refractivity contribution >= 4 is 17.6 Å². The van der Waals surface area contributed by atoms with Crippen molar-refractivity contribution in [3.63, 3.8) is 0 Å². The Balaban J connectivity index is 2.14. The van der Waals surface area contributed by atoms with Gasteiger partial charge in [-0.3, -0.25) is 4.79 Å².